The molecule has 0 spiro atoms. The van der Waals surface area contributed by atoms with Crippen molar-refractivity contribution in [3.63, 3.8) is 0 Å². The molecule has 4 aliphatic rings. The lowest BCUT2D eigenvalue weighted by atomic mass is 9.78. The summed E-state index contributed by atoms with van der Waals surface area (Å²) in [6, 6.07) is 7.35. The lowest BCUT2D eigenvalue weighted by Crippen LogP contribution is -2.59. The second-order valence-electron chi connectivity index (χ2n) is 11.3. The molecule has 39 heavy (non-hydrogen) atoms. The van der Waals surface area contributed by atoms with Gasteiger partial charge < -0.3 is 24.6 Å². The van der Waals surface area contributed by atoms with E-state index in [0.29, 0.717) is 37.3 Å². The fraction of sp³-hybridized carbons (Fsp3) is 0.621. The molecular formula is C29H39F2N5O3. The van der Waals surface area contributed by atoms with Crippen molar-refractivity contribution in [2.24, 2.45) is 5.92 Å². The van der Waals surface area contributed by atoms with Crippen molar-refractivity contribution in [3.05, 3.63) is 41.8 Å². The predicted octanol–water partition coefficient (Wildman–Crippen LogP) is 3.74. The van der Waals surface area contributed by atoms with Gasteiger partial charge in [0.05, 0.1) is 26.0 Å². The first kappa shape index (κ1) is 27.9. The molecule has 0 saturated carbocycles. The van der Waals surface area contributed by atoms with Gasteiger partial charge in [-0.1, -0.05) is 24.3 Å². The standard InChI is InChI=1S/C29H39F2N5O3/c1-28(9-14-35-12-7-23(28)8-13-35)34-26(37)29(31)10-15-36(16-11-29)27-32-19-24(30)25(33-27)22-5-3-21(4-6-22)20-39-18-17-38-2/h3-6,19,23H,7-18,20H2,1-2H3,(H,34,37). The number of alkyl halides is 1. The van der Waals surface area contributed by atoms with Gasteiger partial charge in [-0.3, -0.25) is 4.79 Å². The Morgan fingerprint density at radius 1 is 1.08 bits per heavy atom. The molecule has 4 fully saturated rings. The van der Waals surface area contributed by atoms with E-state index in [0.717, 1.165) is 50.7 Å². The van der Waals surface area contributed by atoms with E-state index in [4.69, 9.17) is 9.47 Å². The molecule has 212 valence electrons. The number of hydrogen-bond acceptors (Lipinski definition) is 7. The zero-order chi connectivity index (χ0) is 27.5. The van der Waals surface area contributed by atoms with Crippen molar-refractivity contribution in [3.8, 4) is 11.3 Å². The zero-order valence-electron chi connectivity index (χ0n) is 22.9. The monoisotopic (exact) mass is 543 g/mol. The van der Waals surface area contributed by atoms with E-state index >= 15 is 4.39 Å². The van der Waals surface area contributed by atoms with Crippen molar-refractivity contribution < 1.29 is 23.0 Å². The highest BCUT2D eigenvalue weighted by molar-refractivity contribution is 5.86. The average Bonchev–Trinajstić information content (AvgIpc) is 3.20. The van der Waals surface area contributed by atoms with Crippen molar-refractivity contribution >= 4 is 11.9 Å². The maximum absolute atomic E-state index is 15.9. The minimum absolute atomic E-state index is 0.0412. The first-order valence-electron chi connectivity index (χ1n) is 14.0. The van der Waals surface area contributed by atoms with Gasteiger partial charge in [0.15, 0.2) is 11.5 Å². The van der Waals surface area contributed by atoms with Gasteiger partial charge in [-0.05, 0) is 50.8 Å². The quantitative estimate of drug-likeness (QED) is 0.483. The molecule has 4 saturated heterocycles. The van der Waals surface area contributed by atoms with Crippen molar-refractivity contribution in [2.45, 2.75) is 56.8 Å². The third-order valence-corrected chi connectivity index (χ3v) is 8.74. The Balaban J connectivity index is 1.21. The molecule has 4 aliphatic heterocycles. The first-order valence-corrected chi connectivity index (χ1v) is 14.0. The predicted molar refractivity (Wildman–Crippen MR) is 145 cm³/mol. The highest BCUT2D eigenvalue weighted by Gasteiger charge is 2.47. The smallest absolute Gasteiger partial charge is 0.258 e. The number of carbonyl (C=O) groups excluding carboxylic acids is 1. The molecule has 0 radical (unpaired) electrons. The van der Waals surface area contributed by atoms with Gasteiger partial charge in [-0.2, -0.15) is 0 Å². The summed E-state index contributed by atoms with van der Waals surface area (Å²) in [5, 5.41) is 3.13. The molecule has 1 amide bonds. The largest absolute Gasteiger partial charge is 0.382 e. The maximum Gasteiger partial charge on any atom is 0.258 e. The molecule has 0 aliphatic carbocycles. The van der Waals surface area contributed by atoms with Gasteiger partial charge in [-0.25, -0.2) is 18.7 Å². The van der Waals surface area contributed by atoms with Crippen LogP contribution in [0.4, 0.5) is 14.7 Å². The van der Waals surface area contributed by atoms with E-state index in [2.05, 4.69) is 27.1 Å². The van der Waals surface area contributed by atoms with Crippen LogP contribution >= 0.6 is 0 Å². The molecule has 10 heteroatoms. The minimum atomic E-state index is -1.94. The van der Waals surface area contributed by atoms with E-state index in [1.165, 1.54) is 0 Å². The fourth-order valence-corrected chi connectivity index (χ4v) is 6.02. The Kier molecular flexibility index (Phi) is 8.44. The van der Waals surface area contributed by atoms with Gasteiger partial charge in [0.1, 0.15) is 5.69 Å². The Bertz CT molecular complexity index is 1130. The molecule has 2 aromatic rings. The molecule has 1 aromatic carbocycles. The number of benzene rings is 1. The number of piperidine rings is 2. The third kappa shape index (κ3) is 6.23. The highest BCUT2D eigenvalue weighted by Crippen LogP contribution is 2.37. The van der Waals surface area contributed by atoms with Crippen LogP contribution < -0.4 is 10.2 Å². The number of anilines is 1. The van der Waals surface area contributed by atoms with Crippen molar-refractivity contribution in [1.82, 2.24) is 20.2 Å². The Morgan fingerprint density at radius 3 is 2.49 bits per heavy atom. The second-order valence-corrected chi connectivity index (χ2v) is 11.3. The SMILES string of the molecule is COCCOCc1ccc(-c2nc(N3CCC(F)(C(=O)NC4(C)CCN5CCC4CC5)CC3)ncc2F)cc1. The van der Waals surface area contributed by atoms with E-state index in [1.807, 2.05) is 17.0 Å². The van der Waals surface area contributed by atoms with Crippen molar-refractivity contribution in [1.29, 1.82) is 0 Å². The molecule has 5 heterocycles. The number of ether oxygens (including phenoxy) is 2. The van der Waals surface area contributed by atoms with E-state index < -0.39 is 17.4 Å². The number of hydrogen-bond donors (Lipinski definition) is 1. The summed E-state index contributed by atoms with van der Waals surface area (Å²) in [7, 11) is 1.62. The topological polar surface area (TPSA) is 79.8 Å². The summed E-state index contributed by atoms with van der Waals surface area (Å²) in [6.07, 6.45) is 4.16. The lowest BCUT2D eigenvalue weighted by molar-refractivity contribution is -0.137. The Hall–Kier alpha value is -2.69. The number of halogens is 2. The normalized spacial score (nSPS) is 26.3. The zero-order valence-corrected chi connectivity index (χ0v) is 22.9. The molecule has 1 aromatic heterocycles. The molecule has 8 nitrogen and oxygen atoms in total. The molecule has 6 rings (SSSR count). The first-order chi connectivity index (χ1) is 18.8. The third-order valence-electron chi connectivity index (χ3n) is 8.74. The number of fused-ring (bicyclic) bond motifs is 4. The maximum atomic E-state index is 15.9. The van der Waals surface area contributed by atoms with Crippen LogP contribution in [0.3, 0.4) is 0 Å². The number of rotatable bonds is 9. The summed E-state index contributed by atoms with van der Waals surface area (Å²) < 4.78 is 41.1. The number of carbonyl (C=O) groups is 1. The molecular weight excluding hydrogens is 504 g/mol. The van der Waals surface area contributed by atoms with Crippen LogP contribution in [0.25, 0.3) is 11.3 Å². The van der Waals surface area contributed by atoms with Crippen LogP contribution in [-0.2, 0) is 20.9 Å². The number of nitrogens with one attached hydrogen (secondary N) is 1. The van der Waals surface area contributed by atoms with Gasteiger partial charge in [-0.15, -0.1) is 0 Å². The summed E-state index contributed by atoms with van der Waals surface area (Å²) in [5.74, 6) is -0.312. The Labute approximate surface area is 229 Å². The number of amides is 1. The summed E-state index contributed by atoms with van der Waals surface area (Å²) in [5.41, 5.74) is -0.544. The van der Waals surface area contributed by atoms with Gasteiger partial charge >= 0.3 is 0 Å². The second kappa shape index (κ2) is 11.8. The summed E-state index contributed by atoms with van der Waals surface area (Å²) in [4.78, 5) is 26.1. The number of methoxy groups -OCH3 is 1. The van der Waals surface area contributed by atoms with E-state index in [9.17, 15) is 9.18 Å². The average molecular weight is 544 g/mol. The van der Waals surface area contributed by atoms with Crippen LogP contribution in [0.1, 0.15) is 44.6 Å². The van der Waals surface area contributed by atoms with Crippen LogP contribution in [0.2, 0.25) is 0 Å². The van der Waals surface area contributed by atoms with Crippen LogP contribution in [0, 0.1) is 11.7 Å². The molecule has 1 unspecified atom stereocenters. The molecule has 2 bridgehead atoms. The van der Waals surface area contributed by atoms with Crippen LogP contribution in [0.15, 0.2) is 30.5 Å². The number of aromatic nitrogens is 2. The van der Waals surface area contributed by atoms with Crippen LogP contribution in [0.5, 0.6) is 0 Å². The fourth-order valence-electron chi connectivity index (χ4n) is 6.02. The van der Waals surface area contributed by atoms with E-state index in [1.54, 1.807) is 19.2 Å². The van der Waals surface area contributed by atoms with Gasteiger partial charge in [0, 0.05) is 50.7 Å². The van der Waals surface area contributed by atoms with Gasteiger partial charge in [0.25, 0.3) is 5.91 Å². The molecule has 1 N–H and O–H groups in total. The van der Waals surface area contributed by atoms with Crippen LogP contribution in [-0.4, -0.2) is 85.0 Å². The summed E-state index contributed by atoms with van der Waals surface area (Å²) in [6.45, 7) is 7.15. The van der Waals surface area contributed by atoms with Crippen molar-refractivity contribution in [2.75, 3.05) is 57.9 Å². The molecule has 1 atom stereocenters. The minimum Gasteiger partial charge on any atom is -0.382 e. The number of nitrogens with zero attached hydrogens (tertiary/aromatic N) is 4. The summed E-state index contributed by atoms with van der Waals surface area (Å²) >= 11 is 0. The van der Waals surface area contributed by atoms with E-state index in [-0.39, 0.29) is 37.2 Å². The Morgan fingerprint density at radius 2 is 1.79 bits per heavy atom. The van der Waals surface area contributed by atoms with Gasteiger partial charge in [0.2, 0.25) is 5.95 Å². The lowest BCUT2D eigenvalue weighted by Gasteiger charge is -2.41. The highest BCUT2D eigenvalue weighted by atomic mass is 19.1.